The van der Waals surface area contributed by atoms with Crippen molar-refractivity contribution in [1.82, 2.24) is 4.90 Å². The van der Waals surface area contributed by atoms with Crippen LogP contribution in [0.5, 0.6) is 5.75 Å². The number of piperazine rings is 1. The first kappa shape index (κ1) is 22.1. The number of aliphatic hydroxyl groups excluding tert-OH is 1. The number of rotatable bonds is 9. The number of Topliss-reactive ketones (excluding diaryl/α,β-unsaturated/α-hetero) is 1. The van der Waals surface area contributed by atoms with Crippen LogP contribution < -0.4 is 9.64 Å². The molecule has 1 aliphatic heterocycles. The van der Waals surface area contributed by atoms with Crippen molar-refractivity contribution in [3.05, 3.63) is 96.1 Å². The molecule has 5 heteroatoms. The molecule has 166 valence electrons. The van der Waals surface area contributed by atoms with E-state index in [-0.39, 0.29) is 12.4 Å². The highest BCUT2D eigenvalue weighted by Crippen LogP contribution is 2.17. The minimum Gasteiger partial charge on any atom is -0.491 e. The Kier molecular flexibility index (Phi) is 7.54. The lowest BCUT2D eigenvalue weighted by Gasteiger charge is -2.36. The van der Waals surface area contributed by atoms with Gasteiger partial charge in [-0.1, -0.05) is 48.5 Å². The summed E-state index contributed by atoms with van der Waals surface area (Å²) < 4.78 is 5.75. The van der Waals surface area contributed by atoms with Crippen LogP contribution in [0.15, 0.2) is 84.9 Å². The van der Waals surface area contributed by atoms with Gasteiger partial charge in [0.15, 0.2) is 5.78 Å². The van der Waals surface area contributed by atoms with Crippen molar-refractivity contribution >= 4 is 11.5 Å². The van der Waals surface area contributed by atoms with Crippen molar-refractivity contribution in [2.45, 2.75) is 12.5 Å². The largest absolute Gasteiger partial charge is 0.491 e. The summed E-state index contributed by atoms with van der Waals surface area (Å²) in [6.45, 7) is 4.58. The van der Waals surface area contributed by atoms with E-state index in [1.165, 1.54) is 5.69 Å². The predicted octanol–water partition coefficient (Wildman–Crippen LogP) is 3.67. The van der Waals surface area contributed by atoms with Crippen LogP contribution in [-0.4, -0.2) is 61.2 Å². The number of carbonyl (C=O) groups excluding carboxylic acids is 1. The number of benzene rings is 3. The Morgan fingerprint density at radius 2 is 1.47 bits per heavy atom. The lowest BCUT2D eigenvalue weighted by molar-refractivity contribution is 0.0663. The zero-order valence-corrected chi connectivity index (χ0v) is 18.3. The highest BCUT2D eigenvalue weighted by atomic mass is 16.5. The lowest BCUT2D eigenvalue weighted by Crippen LogP contribution is -2.49. The number of β-amino-alcohol motifs (C(OH)–C–C–N with tert-alkyl or cyclic N) is 1. The molecule has 0 radical (unpaired) electrons. The van der Waals surface area contributed by atoms with E-state index in [9.17, 15) is 9.90 Å². The van der Waals surface area contributed by atoms with Crippen LogP contribution >= 0.6 is 0 Å². The van der Waals surface area contributed by atoms with Crippen molar-refractivity contribution in [2.75, 3.05) is 44.2 Å². The Morgan fingerprint density at radius 3 is 2.12 bits per heavy atom. The molecule has 1 aliphatic rings. The van der Waals surface area contributed by atoms with Gasteiger partial charge in [-0.05, 0) is 42.0 Å². The van der Waals surface area contributed by atoms with Gasteiger partial charge in [0.1, 0.15) is 18.5 Å². The lowest BCUT2D eigenvalue weighted by atomic mass is 10.0. The Labute approximate surface area is 189 Å². The highest BCUT2D eigenvalue weighted by Gasteiger charge is 2.19. The maximum Gasteiger partial charge on any atom is 0.167 e. The van der Waals surface area contributed by atoms with Crippen LogP contribution in [0.3, 0.4) is 0 Å². The molecule has 1 atom stereocenters. The van der Waals surface area contributed by atoms with E-state index in [1.54, 1.807) is 24.3 Å². The quantitative estimate of drug-likeness (QED) is 0.525. The van der Waals surface area contributed by atoms with Gasteiger partial charge >= 0.3 is 0 Å². The van der Waals surface area contributed by atoms with Gasteiger partial charge in [-0.15, -0.1) is 0 Å². The van der Waals surface area contributed by atoms with E-state index in [2.05, 4.69) is 34.1 Å². The molecule has 0 amide bonds. The zero-order valence-electron chi connectivity index (χ0n) is 18.3. The molecule has 5 nitrogen and oxygen atoms in total. The first-order valence-corrected chi connectivity index (χ1v) is 11.2. The van der Waals surface area contributed by atoms with Crippen LogP contribution in [-0.2, 0) is 6.42 Å². The van der Waals surface area contributed by atoms with Crippen LogP contribution in [0.25, 0.3) is 0 Å². The minimum absolute atomic E-state index is 0.0810. The predicted molar refractivity (Wildman–Crippen MR) is 128 cm³/mol. The minimum atomic E-state index is -0.558. The summed E-state index contributed by atoms with van der Waals surface area (Å²) in [5, 5.41) is 10.4. The molecule has 4 rings (SSSR count). The normalized spacial score (nSPS) is 15.3. The Morgan fingerprint density at radius 1 is 0.844 bits per heavy atom. The van der Waals surface area contributed by atoms with Crippen LogP contribution in [0.1, 0.15) is 15.9 Å². The van der Waals surface area contributed by atoms with E-state index < -0.39 is 6.10 Å². The summed E-state index contributed by atoms with van der Waals surface area (Å²) in [7, 11) is 0. The summed E-state index contributed by atoms with van der Waals surface area (Å²) in [4.78, 5) is 17.1. The molecule has 1 N–H and O–H groups in total. The molecule has 3 aromatic carbocycles. The fourth-order valence-electron chi connectivity index (χ4n) is 3.99. The van der Waals surface area contributed by atoms with Gasteiger partial charge < -0.3 is 14.7 Å². The molecule has 0 bridgehead atoms. The molecule has 1 heterocycles. The van der Waals surface area contributed by atoms with Crippen molar-refractivity contribution in [3.8, 4) is 5.75 Å². The first-order valence-electron chi connectivity index (χ1n) is 11.2. The summed E-state index contributed by atoms with van der Waals surface area (Å²) >= 11 is 0. The monoisotopic (exact) mass is 430 g/mol. The summed E-state index contributed by atoms with van der Waals surface area (Å²) in [6.07, 6.45) is -0.172. The Hall–Kier alpha value is -3.15. The summed E-state index contributed by atoms with van der Waals surface area (Å²) in [5.74, 6) is 0.742. The molecule has 0 unspecified atom stereocenters. The Bertz CT molecular complexity index is 969. The second kappa shape index (κ2) is 10.9. The third kappa shape index (κ3) is 6.19. The summed E-state index contributed by atoms with van der Waals surface area (Å²) in [6, 6.07) is 27.3. The van der Waals surface area contributed by atoms with Crippen molar-refractivity contribution in [2.24, 2.45) is 0 Å². The fourth-order valence-corrected chi connectivity index (χ4v) is 3.99. The number of ether oxygens (including phenoxy) is 1. The fraction of sp³-hybridized carbons (Fsp3) is 0.296. The number of ketones is 1. The van der Waals surface area contributed by atoms with Gasteiger partial charge in [-0.2, -0.15) is 0 Å². The van der Waals surface area contributed by atoms with Crippen molar-refractivity contribution in [1.29, 1.82) is 0 Å². The van der Waals surface area contributed by atoms with Crippen molar-refractivity contribution < 1.29 is 14.6 Å². The molecule has 1 fully saturated rings. The molecule has 0 aromatic heterocycles. The van der Waals surface area contributed by atoms with E-state index in [0.29, 0.717) is 24.3 Å². The molecule has 32 heavy (non-hydrogen) atoms. The maximum atomic E-state index is 12.4. The SMILES string of the molecule is O=C(Cc1ccccc1)c1ccc(OC[C@H](O)CN2CCN(c3ccccc3)CC2)cc1. The van der Waals surface area contributed by atoms with Crippen molar-refractivity contribution in [3.63, 3.8) is 0 Å². The maximum absolute atomic E-state index is 12.4. The second-order valence-electron chi connectivity index (χ2n) is 8.20. The molecule has 0 spiro atoms. The van der Waals surface area contributed by atoms with Crippen LogP contribution in [0.4, 0.5) is 5.69 Å². The van der Waals surface area contributed by atoms with Crippen LogP contribution in [0.2, 0.25) is 0 Å². The molecule has 3 aromatic rings. The van der Waals surface area contributed by atoms with Gasteiger partial charge in [0.2, 0.25) is 0 Å². The summed E-state index contributed by atoms with van der Waals surface area (Å²) in [5.41, 5.74) is 2.92. The topological polar surface area (TPSA) is 53.0 Å². The number of carbonyl (C=O) groups is 1. The number of hydrogen-bond acceptors (Lipinski definition) is 5. The second-order valence-corrected chi connectivity index (χ2v) is 8.20. The van der Waals surface area contributed by atoms with E-state index >= 15 is 0 Å². The molecule has 0 aliphatic carbocycles. The average molecular weight is 431 g/mol. The average Bonchev–Trinajstić information content (AvgIpc) is 2.85. The van der Waals surface area contributed by atoms with Crippen LogP contribution in [0, 0.1) is 0 Å². The smallest absolute Gasteiger partial charge is 0.167 e. The molecule has 0 saturated carbocycles. The third-order valence-electron chi connectivity index (χ3n) is 5.79. The Balaban J connectivity index is 1.19. The number of aliphatic hydroxyl groups is 1. The third-order valence-corrected chi connectivity index (χ3v) is 5.79. The molecular weight excluding hydrogens is 400 g/mol. The van der Waals surface area contributed by atoms with Gasteiger partial charge in [-0.25, -0.2) is 0 Å². The van der Waals surface area contributed by atoms with Gasteiger partial charge in [0.05, 0.1) is 0 Å². The standard InChI is InChI=1S/C27H30N2O3/c30-25(20-28-15-17-29(18-16-28)24-9-5-2-6-10-24)21-32-26-13-11-23(12-14-26)27(31)19-22-7-3-1-4-8-22/h1-14,25,30H,15-21H2/t25-/m1/s1. The first-order chi connectivity index (χ1) is 15.7. The molecule has 1 saturated heterocycles. The van der Waals surface area contributed by atoms with E-state index in [4.69, 9.17) is 4.74 Å². The number of nitrogens with zero attached hydrogens (tertiary/aromatic N) is 2. The van der Waals surface area contributed by atoms with Gasteiger partial charge in [0.25, 0.3) is 0 Å². The van der Waals surface area contributed by atoms with E-state index in [0.717, 1.165) is 31.7 Å². The zero-order chi connectivity index (χ0) is 22.2. The number of hydrogen-bond donors (Lipinski definition) is 1. The number of anilines is 1. The number of para-hydroxylation sites is 1. The van der Waals surface area contributed by atoms with E-state index in [1.807, 2.05) is 36.4 Å². The highest BCUT2D eigenvalue weighted by molar-refractivity contribution is 5.97. The van der Waals surface area contributed by atoms with Gasteiger partial charge in [0, 0.05) is 50.4 Å². The van der Waals surface area contributed by atoms with Gasteiger partial charge in [-0.3, -0.25) is 9.69 Å². The molecular formula is C27H30N2O3.